The molecular formula is C12H14N+. The molecule has 0 saturated heterocycles. The van der Waals surface area contributed by atoms with Gasteiger partial charge in [0.25, 0.3) is 0 Å². The first-order chi connectivity index (χ1) is 6.24. The molecule has 1 aromatic carbocycles. The van der Waals surface area contributed by atoms with E-state index in [0.29, 0.717) is 0 Å². The molecule has 0 fully saturated rings. The number of benzene rings is 1. The number of allylic oxidation sites excluding steroid dienone is 1. The Morgan fingerprint density at radius 1 is 1.23 bits per heavy atom. The van der Waals surface area contributed by atoms with Gasteiger partial charge in [-0.1, -0.05) is 36.9 Å². The highest BCUT2D eigenvalue weighted by molar-refractivity contribution is 5.37. The molecule has 0 radical (unpaired) electrons. The highest BCUT2D eigenvalue weighted by atomic mass is 14.9. The fourth-order valence-electron chi connectivity index (χ4n) is 1.14. The molecule has 1 rings (SSSR count). The van der Waals surface area contributed by atoms with Crippen LogP contribution in [0.4, 0.5) is 0 Å². The molecule has 0 aliphatic heterocycles. The first-order valence-corrected chi connectivity index (χ1v) is 4.17. The standard InChI is InChI=1S/C12H14N/c1-4-7-11-8-5-6-9-12(11)10-13(2)3/h4-10H,1-2H2,3H3/q+1. The van der Waals surface area contributed by atoms with Crippen LogP contribution in [-0.2, 0) is 0 Å². The molecule has 0 bridgehead atoms. The Morgan fingerprint density at radius 3 is 2.38 bits per heavy atom. The molecule has 0 aliphatic rings. The van der Waals surface area contributed by atoms with Crippen LogP contribution in [0.25, 0.3) is 12.3 Å². The molecule has 0 amide bonds. The van der Waals surface area contributed by atoms with E-state index in [-0.39, 0.29) is 0 Å². The monoisotopic (exact) mass is 172 g/mol. The molecule has 0 heterocycles. The lowest BCUT2D eigenvalue weighted by Crippen LogP contribution is -2.24. The Kier molecular flexibility index (Phi) is 3.21. The molecule has 13 heavy (non-hydrogen) atoms. The van der Waals surface area contributed by atoms with E-state index in [1.54, 1.807) is 10.7 Å². The van der Waals surface area contributed by atoms with E-state index >= 15 is 0 Å². The van der Waals surface area contributed by atoms with Gasteiger partial charge < -0.3 is 0 Å². The summed E-state index contributed by atoms with van der Waals surface area (Å²) in [6, 6.07) is 8.12. The third-order valence-electron chi connectivity index (χ3n) is 1.65. The summed E-state index contributed by atoms with van der Waals surface area (Å²) in [5.41, 5.74) is 0. The van der Waals surface area contributed by atoms with Gasteiger partial charge in [-0.05, 0) is 11.3 Å². The lowest BCUT2D eigenvalue weighted by Gasteiger charge is -1.87. The average Bonchev–Trinajstić information content (AvgIpc) is 2.08. The minimum atomic E-state index is 1.15. The van der Waals surface area contributed by atoms with Crippen LogP contribution in [0.3, 0.4) is 0 Å². The lowest BCUT2D eigenvalue weighted by molar-refractivity contribution is -0.373. The maximum absolute atomic E-state index is 3.77. The smallest absolute Gasteiger partial charge is 0.175 e. The number of nitrogens with zero attached hydrogens (tertiary/aromatic N) is 1. The van der Waals surface area contributed by atoms with Gasteiger partial charge in [-0.15, -0.1) is 0 Å². The predicted octanol–water partition coefficient (Wildman–Crippen LogP) is 0.734. The summed E-state index contributed by atoms with van der Waals surface area (Å²) < 4.78 is 1.79. The third-order valence-corrected chi connectivity index (χ3v) is 1.65. The van der Waals surface area contributed by atoms with Crippen molar-refractivity contribution in [1.82, 2.24) is 0 Å². The van der Waals surface area contributed by atoms with Crippen LogP contribution >= 0.6 is 0 Å². The highest BCUT2D eigenvalue weighted by Crippen LogP contribution is 1.73. The maximum Gasteiger partial charge on any atom is 0.175 e. The van der Waals surface area contributed by atoms with Crippen molar-refractivity contribution in [2.24, 2.45) is 0 Å². The summed E-state index contributed by atoms with van der Waals surface area (Å²) in [6.07, 6.45) is 5.75. The summed E-state index contributed by atoms with van der Waals surface area (Å²) in [7, 11) is 1.91. The molecule has 66 valence electrons. The van der Waals surface area contributed by atoms with Crippen LogP contribution in [0.15, 0.2) is 36.9 Å². The molecule has 0 atom stereocenters. The van der Waals surface area contributed by atoms with E-state index in [1.165, 1.54) is 0 Å². The summed E-state index contributed by atoms with van der Waals surface area (Å²) in [5, 5.41) is 2.31. The first-order valence-electron chi connectivity index (χ1n) is 4.17. The highest BCUT2D eigenvalue weighted by Gasteiger charge is 1.86. The molecule has 1 nitrogen and oxygen atoms in total. The Bertz CT molecular complexity index is 427. The maximum atomic E-state index is 3.77. The van der Waals surface area contributed by atoms with Crippen molar-refractivity contribution in [2.75, 3.05) is 7.05 Å². The second-order valence-corrected chi connectivity index (χ2v) is 2.92. The Morgan fingerprint density at radius 2 is 1.85 bits per heavy atom. The molecule has 0 N–H and O–H groups in total. The zero-order valence-corrected chi connectivity index (χ0v) is 7.90. The van der Waals surface area contributed by atoms with Crippen molar-refractivity contribution in [3.8, 4) is 0 Å². The fourth-order valence-corrected chi connectivity index (χ4v) is 1.14. The predicted molar refractivity (Wildman–Crippen MR) is 58.1 cm³/mol. The van der Waals surface area contributed by atoms with E-state index in [9.17, 15) is 0 Å². The van der Waals surface area contributed by atoms with Crippen LogP contribution < -0.4 is 10.4 Å². The van der Waals surface area contributed by atoms with Gasteiger partial charge in [0.1, 0.15) is 13.8 Å². The second kappa shape index (κ2) is 4.41. The SMILES string of the molecule is C=CC=c1ccccc1=C[N+](=C)C. The molecular weight excluding hydrogens is 158 g/mol. The van der Waals surface area contributed by atoms with Gasteiger partial charge in [0.05, 0.1) is 0 Å². The van der Waals surface area contributed by atoms with Crippen molar-refractivity contribution >= 4 is 19.0 Å². The number of rotatable bonds is 2. The van der Waals surface area contributed by atoms with Crippen molar-refractivity contribution in [1.29, 1.82) is 0 Å². The van der Waals surface area contributed by atoms with Crippen molar-refractivity contribution in [3.05, 3.63) is 47.4 Å². The molecule has 0 saturated carbocycles. The number of hydrogen-bond donors (Lipinski definition) is 0. The van der Waals surface area contributed by atoms with Crippen LogP contribution in [0.1, 0.15) is 0 Å². The largest absolute Gasteiger partial charge is 0.214 e. The van der Waals surface area contributed by atoms with Gasteiger partial charge in [0.2, 0.25) is 0 Å². The zero-order valence-electron chi connectivity index (χ0n) is 7.90. The van der Waals surface area contributed by atoms with Gasteiger partial charge in [0.15, 0.2) is 6.20 Å². The summed E-state index contributed by atoms with van der Waals surface area (Å²) >= 11 is 0. The Hall–Kier alpha value is -1.63. The van der Waals surface area contributed by atoms with E-state index in [4.69, 9.17) is 0 Å². The summed E-state index contributed by atoms with van der Waals surface area (Å²) in [4.78, 5) is 0. The van der Waals surface area contributed by atoms with E-state index in [0.717, 1.165) is 10.4 Å². The van der Waals surface area contributed by atoms with Gasteiger partial charge in [-0.25, -0.2) is 4.58 Å². The third kappa shape index (κ3) is 2.71. The first kappa shape index (κ1) is 9.46. The number of hydrogen-bond acceptors (Lipinski definition) is 0. The summed E-state index contributed by atoms with van der Waals surface area (Å²) in [6.45, 7) is 7.45. The van der Waals surface area contributed by atoms with Gasteiger partial charge >= 0.3 is 0 Å². The second-order valence-electron chi connectivity index (χ2n) is 2.92. The van der Waals surface area contributed by atoms with E-state index in [1.807, 2.05) is 31.5 Å². The minimum Gasteiger partial charge on any atom is -0.214 e. The van der Waals surface area contributed by atoms with Gasteiger partial charge in [-0.3, -0.25) is 0 Å². The topological polar surface area (TPSA) is 3.01 Å². The zero-order chi connectivity index (χ0) is 9.68. The van der Waals surface area contributed by atoms with E-state index < -0.39 is 0 Å². The van der Waals surface area contributed by atoms with Crippen molar-refractivity contribution < 1.29 is 4.58 Å². The Labute approximate surface area is 78.7 Å². The molecule has 1 aromatic rings. The van der Waals surface area contributed by atoms with Gasteiger partial charge in [-0.2, -0.15) is 0 Å². The van der Waals surface area contributed by atoms with Crippen molar-refractivity contribution in [3.63, 3.8) is 0 Å². The lowest BCUT2D eigenvalue weighted by atomic mass is 10.2. The van der Waals surface area contributed by atoms with Crippen LogP contribution in [-0.4, -0.2) is 18.3 Å². The molecule has 0 aromatic heterocycles. The minimum absolute atomic E-state index is 1.15. The molecule has 0 spiro atoms. The van der Waals surface area contributed by atoms with Gasteiger partial charge in [0, 0.05) is 5.22 Å². The Balaban J connectivity index is 3.45. The van der Waals surface area contributed by atoms with E-state index in [2.05, 4.69) is 25.4 Å². The van der Waals surface area contributed by atoms with Crippen molar-refractivity contribution in [2.45, 2.75) is 0 Å². The average molecular weight is 172 g/mol. The summed E-state index contributed by atoms with van der Waals surface area (Å²) in [5.74, 6) is 0. The molecule has 1 heteroatoms. The van der Waals surface area contributed by atoms with Crippen LogP contribution in [0.5, 0.6) is 0 Å². The molecule has 0 unspecified atom stereocenters. The molecule has 0 aliphatic carbocycles. The fraction of sp³-hybridized carbons (Fsp3) is 0.0833. The van der Waals surface area contributed by atoms with Crippen LogP contribution in [0, 0.1) is 0 Å². The normalized spacial score (nSPS) is 13.0. The quantitative estimate of drug-likeness (QED) is 0.457. The van der Waals surface area contributed by atoms with Crippen LogP contribution in [0.2, 0.25) is 0 Å².